The second kappa shape index (κ2) is 9.11. The van der Waals surface area contributed by atoms with Crippen LogP contribution < -0.4 is 10.1 Å². The van der Waals surface area contributed by atoms with Crippen LogP contribution >= 0.6 is 0 Å². The number of rotatable bonds is 10. The highest BCUT2D eigenvalue weighted by atomic mass is 16.5. The Bertz CT molecular complexity index is 609. The lowest BCUT2D eigenvalue weighted by Gasteiger charge is -2.24. The van der Waals surface area contributed by atoms with E-state index in [2.05, 4.69) is 61.1 Å². The van der Waals surface area contributed by atoms with Crippen molar-refractivity contribution in [3.05, 3.63) is 66.9 Å². The van der Waals surface area contributed by atoms with Gasteiger partial charge in [-0.3, -0.25) is 0 Å². The molecule has 0 spiro atoms. The van der Waals surface area contributed by atoms with Crippen molar-refractivity contribution in [2.24, 2.45) is 5.41 Å². The van der Waals surface area contributed by atoms with Crippen LogP contribution in [0.1, 0.15) is 32.3 Å². The predicted octanol–water partition coefficient (Wildman–Crippen LogP) is 5.11. The Hall–Kier alpha value is -2.29. The lowest BCUT2D eigenvalue weighted by Crippen LogP contribution is -2.14. The van der Waals surface area contributed by atoms with Crippen LogP contribution in [0.5, 0.6) is 5.75 Å². The first kappa shape index (κ1) is 18.1. The number of anilines is 1. The number of allylic oxidation sites excluding steroid dienone is 1. The Labute approximate surface area is 145 Å². The van der Waals surface area contributed by atoms with E-state index in [1.54, 1.807) is 6.20 Å². The van der Waals surface area contributed by atoms with Gasteiger partial charge in [0.15, 0.2) is 0 Å². The van der Waals surface area contributed by atoms with Gasteiger partial charge in [-0.15, -0.1) is 6.58 Å². The summed E-state index contributed by atoms with van der Waals surface area (Å²) >= 11 is 0. The molecule has 0 saturated carbocycles. The van der Waals surface area contributed by atoms with Crippen LogP contribution in [0.2, 0.25) is 0 Å². The zero-order valence-electron chi connectivity index (χ0n) is 14.8. The molecule has 1 aromatic heterocycles. The van der Waals surface area contributed by atoms with Crippen molar-refractivity contribution in [1.82, 2.24) is 4.98 Å². The molecule has 0 saturated heterocycles. The van der Waals surface area contributed by atoms with Crippen molar-refractivity contribution >= 4 is 5.82 Å². The highest BCUT2D eigenvalue weighted by Gasteiger charge is 2.17. The van der Waals surface area contributed by atoms with Gasteiger partial charge < -0.3 is 10.1 Å². The maximum atomic E-state index is 5.80. The maximum absolute atomic E-state index is 5.80. The van der Waals surface area contributed by atoms with Crippen LogP contribution in [0.4, 0.5) is 5.82 Å². The molecule has 2 aromatic rings. The normalized spacial score (nSPS) is 13.1. The summed E-state index contributed by atoms with van der Waals surface area (Å²) in [6, 6.07) is 14.3. The van der Waals surface area contributed by atoms with Crippen molar-refractivity contribution in [3.63, 3.8) is 0 Å². The number of ether oxygens (including phenoxy) is 1. The zero-order chi connectivity index (χ0) is 17.3. The summed E-state index contributed by atoms with van der Waals surface area (Å²) in [4.78, 5) is 4.23. The predicted molar refractivity (Wildman–Crippen MR) is 102 cm³/mol. The van der Waals surface area contributed by atoms with E-state index in [1.165, 1.54) is 5.56 Å². The van der Waals surface area contributed by atoms with Gasteiger partial charge in [0.1, 0.15) is 11.6 Å². The summed E-state index contributed by atoms with van der Waals surface area (Å²) < 4.78 is 5.80. The smallest absolute Gasteiger partial charge is 0.125 e. The lowest BCUT2D eigenvalue weighted by atomic mass is 9.81. The molecule has 0 aliphatic rings. The number of hydrogen-bond donors (Lipinski definition) is 1. The Morgan fingerprint density at radius 3 is 2.62 bits per heavy atom. The van der Waals surface area contributed by atoms with Crippen molar-refractivity contribution in [2.45, 2.75) is 33.1 Å². The Morgan fingerprint density at radius 2 is 2.00 bits per heavy atom. The molecular formula is C21H28N2O. The summed E-state index contributed by atoms with van der Waals surface area (Å²) in [6.45, 7) is 9.96. The van der Waals surface area contributed by atoms with Gasteiger partial charge in [0.2, 0.25) is 0 Å². The first-order chi connectivity index (χ1) is 11.6. The average molecular weight is 324 g/mol. The molecule has 0 aliphatic heterocycles. The topological polar surface area (TPSA) is 34.1 Å². The van der Waals surface area contributed by atoms with Crippen LogP contribution in [-0.2, 0) is 6.42 Å². The molecule has 0 radical (unpaired) electrons. The Morgan fingerprint density at radius 1 is 1.21 bits per heavy atom. The summed E-state index contributed by atoms with van der Waals surface area (Å²) in [5.74, 6) is 1.83. The third-order valence-corrected chi connectivity index (χ3v) is 4.39. The van der Waals surface area contributed by atoms with E-state index in [4.69, 9.17) is 4.74 Å². The second-order valence-electron chi connectivity index (χ2n) is 6.38. The summed E-state index contributed by atoms with van der Waals surface area (Å²) in [5, 5.41) is 3.28. The minimum Gasteiger partial charge on any atom is -0.494 e. The van der Waals surface area contributed by atoms with E-state index < -0.39 is 0 Å². The fourth-order valence-electron chi connectivity index (χ4n) is 2.46. The number of nitrogens with zero attached hydrogens (tertiary/aromatic N) is 1. The number of pyridine rings is 1. The molecule has 0 aliphatic carbocycles. The van der Waals surface area contributed by atoms with Gasteiger partial charge in [-0.25, -0.2) is 4.98 Å². The average Bonchev–Trinajstić information content (AvgIpc) is 2.63. The number of benzene rings is 1. The van der Waals surface area contributed by atoms with E-state index in [1.807, 2.05) is 18.2 Å². The molecule has 24 heavy (non-hydrogen) atoms. The fraction of sp³-hybridized carbons (Fsp3) is 0.381. The molecule has 0 amide bonds. The third-order valence-electron chi connectivity index (χ3n) is 4.39. The van der Waals surface area contributed by atoms with Crippen LogP contribution in [0.3, 0.4) is 0 Å². The maximum Gasteiger partial charge on any atom is 0.125 e. The SMILES string of the molecule is C=CC(C)(CC)Cc1ccc(OCCCNc2ccccn2)cc1. The number of hydrogen-bond acceptors (Lipinski definition) is 3. The monoisotopic (exact) mass is 324 g/mol. The largest absolute Gasteiger partial charge is 0.494 e. The van der Waals surface area contributed by atoms with Crippen LogP contribution in [0.15, 0.2) is 61.3 Å². The third kappa shape index (κ3) is 5.73. The summed E-state index contributed by atoms with van der Waals surface area (Å²) in [6.07, 6.45) is 6.89. The highest BCUT2D eigenvalue weighted by molar-refractivity contribution is 5.32. The molecule has 1 N–H and O–H groups in total. The van der Waals surface area contributed by atoms with Crippen LogP contribution in [0.25, 0.3) is 0 Å². The second-order valence-corrected chi connectivity index (χ2v) is 6.38. The fourth-order valence-corrected chi connectivity index (χ4v) is 2.46. The first-order valence-corrected chi connectivity index (χ1v) is 8.65. The minimum atomic E-state index is 0.166. The summed E-state index contributed by atoms with van der Waals surface area (Å²) in [7, 11) is 0. The van der Waals surface area contributed by atoms with E-state index in [0.29, 0.717) is 6.61 Å². The minimum absolute atomic E-state index is 0.166. The van der Waals surface area contributed by atoms with Crippen LogP contribution in [-0.4, -0.2) is 18.1 Å². The van der Waals surface area contributed by atoms with E-state index in [-0.39, 0.29) is 5.41 Å². The van der Waals surface area contributed by atoms with Gasteiger partial charge in [-0.1, -0.05) is 38.1 Å². The van der Waals surface area contributed by atoms with Gasteiger partial charge in [0.05, 0.1) is 6.61 Å². The molecule has 128 valence electrons. The summed E-state index contributed by atoms with van der Waals surface area (Å²) in [5.41, 5.74) is 1.49. The molecule has 1 aromatic carbocycles. The van der Waals surface area contributed by atoms with Crippen molar-refractivity contribution in [3.8, 4) is 5.75 Å². The molecular weight excluding hydrogens is 296 g/mol. The van der Waals surface area contributed by atoms with E-state index >= 15 is 0 Å². The molecule has 0 bridgehead atoms. The molecule has 3 heteroatoms. The van der Waals surface area contributed by atoms with E-state index in [0.717, 1.165) is 37.4 Å². The van der Waals surface area contributed by atoms with E-state index in [9.17, 15) is 0 Å². The molecule has 1 heterocycles. The van der Waals surface area contributed by atoms with Gasteiger partial charge in [-0.05, 0) is 54.5 Å². The van der Waals surface area contributed by atoms with Gasteiger partial charge in [0, 0.05) is 12.7 Å². The molecule has 1 atom stereocenters. The Balaban J connectivity index is 1.71. The lowest BCUT2D eigenvalue weighted by molar-refractivity contribution is 0.314. The van der Waals surface area contributed by atoms with Gasteiger partial charge in [-0.2, -0.15) is 0 Å². The Kier molecular flexibility index (Phi) is 6.86. The molecule has 3 nitrogen and oxygen atoms in total. The van der Waals surface area contributed by atoms with Crippen molar-refractivity contribution < 1.29 is 4.74 Å². The van der Waals surface area contributed by atoms with Crippen molar-refractivity contribution in [2.75, 3.05) is 18.5 Å². The highest BCUT2D eigenvalue weighted by Crippen LogP contribution is 2.28. The van der Waals surface area contributed by atoms with Gasteiger partial charge >= 0.3 is 0 Å². The zero-order valence-corrected chi connectivity index (χ0v) is 14.8. The van der Waals surface area contributed by atoms with Gasteiger partial charge in [0.25, 0.3) is 0 Å². The molecule has 0 fully saturated rings. The molecule has 1 unspecified atom stereocenters. The number of nitrogens with one attached hydrogen (secondary N) is 1. The quantitative estimate of drug-likeness (QED) is 0.487. The first-order valence-electron chi connectivity index (χ1n) is 8.65. The van der Waals surface area contributed by atoms with Crippen LogP contribution in [0, 0.1) is 5.41 Å². The standard InChI is InChI=1S/C21H28N2O/c1-4-21(3,5-2)17-18-10-12-19(13-11-18)24-16-8-15-23-20-9-6-7-14-22-20/h4,6-7,9-14H,1,5,8,15-17H2,2-3H3,(H,22,23). The molecule has 2 rings (SSSR count). The number of aromatic nitrogens is 1. The van der Waals surface area contributed by atoms with Crippen molar-refractivity contribution in [1.29, 1.82) is 0 Å².